The molecule has 0 atom stereocenters. The molecule has 1 aliphatic rings. The molecule has 1 aromatic carbocycles. The fourth-order valence-corrected chi connectivity index (χ4v) is 2.17. The first-order valence-corrected chi connectivity index (χ1v) is 6.81. The number of carbonyl (C=O) groups is 1. The Morgan fingerprint density at radius 1 is 1.40 bits per heavy atom. The molecule has 1 aromatic heterocycles. The van der Waals surface area contributed by atoms with Crippen LogP contribution in [0, 0.1) is 5.92 Å². The van der Waals surface area contributed by atoms with Crippen LogP contribution >= 0.6 is 0 Å². The van der Waals surface area contributed by atoms with Gasteiger partial charge in [-0.3, -0.25) is 0 Å². The number of carbonyl (C=O) groups excluding carboxylic acids is 1. The second-order valence-corrected chi connectivity index (χ2v) is 5.14. The van der Waals surface area contributed by atoms with Gasteiger partial charge in [-0.25, -0.2) is 9.48 Å². The van der Waals surface area contributed by atoms with Crippen LogP contribution in [-0.4, -0.2) is 22.4 Å². The average Bonchev–Trinajstić information content (AvgIpc) is 2.86. The molecule has 0 bridgehead atoms. The van der Waals surface area contributed by atoms with Gasteiger partial charge >= 0.3 is 5.97 Å². The number of ether oxygens (including phenoxy) is 1. The van der Waals surface area contributed by atoms with Gasteiger partial charge in [0.1, 0.15) is 0 Å². The maximum atomic E-state index is 11.9. The van der Waals surface area contributed by atoms with Crippen LogP contribution < -0.4 is 5.73 Å². The Kier molecular flexibility index (Phi) is 3.41. The predicted molar refractivity (Wildman–Crippen MR) is 75.6 cm³/mol. The standard InChI is InChI=1S/C15H17N3O2/c16-12-5-2-6-13(9-12)18-8-7-14(17-18)15(19)20-10-11-3-1-4-11/h2,5-9,11H,1,3-4,10,16H2. The van der Waals surface area contributed by atoms with Gasteiger partial charge in [0.15, 0.2) is 5.69 Å². The van der Waals surface area contributed by atoms with Crippen LogP contribution in [-0.2, 0) is 4.74 Å². The molecule has 0 amide bonds. The van der Waals surface area contributed by atoms with Crippen LogP contribution in [0.4, 0.5) is 5.69 Å². The smallest absolute Gasteiger partial charge is 0.358 e. The molecule has 1 heterocycles. The molecule has 0 saturated heterocycles. The lowest BCUT2D eigenvalue weighted by Crippen LogP contribution is -2.20. The molecule has 0 radical (unpaired) electrons. The minimum atomic E-state index is -0.362. The van der Waals surface area contributed by atoms with E-state index in [0.717, 1.165) is 18.5 Å². The molecule has 1 saturated carbocycles. The Bertz CT molecular complexity index is 617. The molecule has 3 rings (SSSR count). The largest absolute Gasteiger partial charge is 0.461 e. The SMILES string of the molecule is Nc1cccc(-n2ccc(C(=O)OCC3CCC3)n2)c1. The third kappa shape index (κ3) is 2.66. The fourth-order valence-electron chi connectivity index (χ4n) is 2.17. The lowest BCUT2D eigenvalue weighted by molar-refractivity contribution is 0.0364. The highest BCUT2D eigenvalue weighted by Crippen LogP contribution is 2.26. The number of aromatic nitrogens is 2. The zero-order valence-corrected chi connectivity index (χ0v) is 11.2. The summed E-state index contributed by atoms with van der Waals surface area (Å²) in [6.07, 6.45) is 5.29. The molecule has 0 aliphatic heterocycles. The number of rotatable bonds is 4. The van der Waals surface area contributed by atoms with Gasteiger partial charge in [0.2, 0.25) is 0 Å². The topological polar surface area (TPSA) is 70.1 Å². The van der Waals surface area contributed by atoms with Crippen molar-refractivity contribution in [3.8, 4) is 5.69 Å². The van der Waals surface area contributed by atoms with Crippen LogP contribution in [0.2, 0.25) is 0 Å². The first-order chi connectivity index (χ1) is 9.72. The summed E-state index contributed by atoms with van der Waals surface area (Å²) in [7, 11) is 0. The molecule has 5 heteroatoms. The molecular weight excluding hydrogens is 254 g/mol. The number of benzene rings is 1. The Morgan fingerprint density at radius 3 is 2.95 bits per heavy atom. The van der Waals surface area contributed by atoms with Gasteiger partial charge in [-0.15, -0.1) is 0 Å². The first kappa shape index (κ1) is 12.7. The lowest BCUT2D eigenvalue weighted by atomic mass is 9.86. The van der Waals surface area contributed by atoms with Crippen LogP contribution in [0.1, 0.15) is 29.8 Å². The van der Waals surface area contributed by atoms with Crippen LogP contribution in [0.25, 0.3) is 5.69 Å². The number of anilines is 1. The van der Waals surface area contributed by atoms with E-state index >= 15 is 0 Å². The number of esters is 1. The number of nitrogens with zero attached hydrogens (tertiary/aromatic N) is 2. The van der Waals surface area contributed by atoms with Crippen molar-refractivity contribution in [3.63, 3.8) is 0 Å². The van der Waals surface area contributed by atoms with Gasteiger partial charge < -0.3 is 10.5 Å². The summed E-state index contributed by atoms with van der Waals surface area (Å²) in [6, 6.07) is 9.00. The highest BCUT2D eigenvalue weighted by Gasteiger charge is 2.20. The number of hydrogen-bond acceptors (Lipinski definition) is 4. The van der Waals surface area contributed by atoms with Gasteiger partial charge in [0.05, 0.1) is 12.3 Å². The quantitative estimate of drug-likeness (QED) is 0.684. The van der Waals surface area contributed by atoms with Crippen LogP contribution in [0.15, 0.2) is 36.5 Å². The van der Waals surface area contributed by atoms with Crippen molar-refractivity contribution in [1.82, 2.24) is 9.78 Å². The molecule has 104 valence electrons. The summed E-state index contributed by atoms with van der Waals surface area (Å²) < 4.78 is 6.89. The lowest BCUT2D eigenvalue weighted by Gasteiger charge is -2.24. The Balaban J connectivity index is 1.67. The third-order valence-electron chi connectivity index (χ3n) is 3.61. The van der Waals surface area contributed by atoms with E-state index in [1.165, 1.54) is 6.42 Å². The minimum absolute atomic E-state index is 0.326. The van der Waals surface area contributed by atoms with Crippen molar-refractivity contribution in [2.75, 3.05) is 12.3 Å². The van der Waals surface area contributed by atoms with E-state index in [2.05, 4.69) is 5.10 Å². The van der Waals surface area contributed by atoms with Gasteiger partial charge in [0.25, 0.3) is 0 Å². The maximum Gasteiger partial charge on any atom is 0.358 e. The second-order valence-electron chi connectivity index (χ2n) is 5.14. The van der Waals surface area contributed by atoms with Gasteiger partial charge in [-0.2, -0.15) is 5.10 Å². The Hall–Kier alpha value is -2.30. The monoisotopic (exact) mass is 271 g/mol. The zero-order chi connectivity index (χ0) is 13.9. The molecule has 0 spiro atoms. The van der Waals surface area contributed by atoms with Crippen molar-refractivity contribution in [1.29, 1.82) is 0 Å². The summed E-state index contributed by atoms with van der Waals surface area (Å²) in [5.74, 6) is 0.175. The average molecular weight is 271 g/mol. The highest BCUT2D eigenvalue weighted by molar-refractivity contribution is 5.87. The summed E-state index contributed by atoms with van der Waals surface area (Å²) in [4.78, 5) is 11.9. The van der Waals surface area contributed by atoms with Crippen molar-refractivity contribution >= 4 is 11.7 Å². The van der Waals surface area contributed by atoms with Crippen molar-refractivity contribution in [2.24, 2.45) is 5.92 Å². The first-order valence-electron chi connectivity index (χ1n) is 6.81. The van der Waals surface area contributed by atoms with E-state index in [-0.39, 0.29) is 5.97 Å². The van der Waals surface area contributed by atoms with E-state index < -0.39 is 0 Å². The highest BCUT2D eigenvalue weighted by atomic mass is 16.5. The normalized spacial score (nSPS) is 14.8. The van der Waals surface area contributed by atoms with Crippen molar-refractivity contribution in [2.45, 2.75) is 19.3 Å². The Morgan fingerprint density at radius 2 is 2.25 bits per heavy atom. The fraction of sp³-hybridized carbons (Fsp3) is 0.333. The van der Waals surface area contributed by atoms with Gasteiger partial charge in [-0.1, -0.05) is 12.5 Å². The van der Waals surface area contributed by atoms with E-state index in [4.69, 9.17) is 10.5 Å². The van der Waals surface area contributed by atoms with Crippen LogP contribution in [0.3, 0.4) is 0 Å². The molecule has 2 N–H and O–H groups in total. The van der Waals surface area contributed by atoms with Gasteiger partial charge in [-0.05, 0) is 43.0 Å². The van der Waals surface area contributed by atoms with Crippen molar-refractivity contribution in [3.05, 3.63) is 42.2 Å². The van der Waals surface area contributed by atoms with Gasteiger partial charge in [0, 0.05) is 11.9 Å². The second kappa shape index (κ2) is 5.36. The van der Waals surface area contributed by atoms with E-state index in [9.17, 15) is 4.79 Å². The molecule has 2 aromatic rings. The third-order valence-corrected chi connectivity index (χ3v) is 3.61. The molecular formula is C15H17N3O2. The molecule has 1 aliphatic carbocycles. The van der Waals surface area contributed by atoms with E-state index in [1.54, 1.807) is 29.1 Å². The predicted octanol–water partition coefficient (Wildman–Crippen LogP) is 2.41. The maximum absolute atomic E-state index is 11.9. The molecule has 0 unspecified atom stereocenters. The summed E-state index contributed by atoms with van der Waals surface area (Å²) in [6.45, 7) is 0.504. The summed E-state index contributed by atoms with van der Waals surface area (Å²) >= 11 is 0. The zero-order valence-electron chi connectivity index (χ0n) is 11.2. The van der Waals surface area contributed by atoms with Crippen LogP contribution in [0.5, 0.6) is 0 Å². The summed E-state index contributed by atoms with van der Waals surface area (Å²) in [5.41, 5.74) is 7.54. The molecule has 20 heavy (non-hydrogen) atoms. The number of nitrogen functional groups attached to an aromatic ring is 1. The molecule has 5 nitrogen and oxygen atoms in total. The Labute approximate surface area is 117 Å². The molecule has 1 fully saturated rings. The minimum Gasteiger partial charge on any atom is -0.461 e. The van der Waals surface area contributed by atoms with Crippen molar-refractivity contribution < 1.29 is 9.53 Å². The van der Waals surface area contributed by atoms with E-state index in [1.807, 2.05) is 12.1 Å². The summed E-state index contributed by atoms with van der Waals surface area (Å²) in [5, 5.41) is 4.23. The number of nitrogens with two attached hydrogens (primary N) is 1. The van der Waals surface area contributed by atoms with E-state index in [0.29, 0.717) is 23.9 Å². The number of hydrogen-bond donors (Lipinski definition) is 1.